The van der Waals surface area contributed by atoms with E-state index in [9.17, 15) is 8.42 Å². The highest BCUT2D eigenvalue weighted by molar-refractivity contribution is 7.91. The third-order valence-electron chi connectivity index (χ3n) is 4.66. The lowest BCUT2D eigenvalue weighted by atomic mass is 10.1. The molecular weight excluding hydrogens is 405 g/mol. The lowest BCUT2D eigenvalue weighted by Gasteiger charge is -2.30. The maximum Gasteiger partial charge on any atom is 0.206 e. The Morgan fingerprint density at radius 3 is 2.37 bits per heavy atom. The number of pyridine rings is 1. The van der Waals surface area contributed by atoms with Crippen molar-refractivity contribution in [3.05, 3.63) is 58.7 Å². The number of aromatic nitrogens is 1. The lowest BCUT2D eigenvalue weighted by Crippen LogP contribution is -2.43. The van der Waals surface area contributed by atoms with Crippen molar-refractivity contribution in [1.82, 2.24) is 10.3 Å². The van der Waals surface area contributed by atoms with E-state index in [4.69, 9.17) is 23.2 Å². The zero-order valence-corrected chi connectivity index (χ0v) is 16.7. The molecule has 8 heteroatoms. The Bertz CT molecular complexity index is 1110. The molecule has 1 fully saturated rings. The van der Waals surface area contributed by atoms with Crippen LogP contribution in [0.3, 0.4) is 0 Å². The summed E-state index contributed by atoms with van der Waals surface area (Å²) >= 11 is 11.9. The van der Waals surface area contributed by atoms with Gasteiger partial charge in [0.05, 0.1) is 25.4 Å². The summed E-state index contributed by atoms with van der Waals surface area (Å²) in [5.74, 6) is 0. The molecule has 0 amide bonds. The summed E-state index contributed by atoms with van der Waals surface area (Å²) in [6, 6.07) is 11.3. The quantitative estimate of drug-likeness (QED) is 0.696. The van der Waals surface area contributed by atoms with E-state index >= 15 is 0 Å². The third kappa shape index (κ3) is 3.50. The molecule has 0 atom stereocenters. The van der Waals surface area contributed by atoms with Crippen LogP contribution in [0.15, 0.2) is 58.5 Å². The van der Waals surface area contributed by atoms with E-state index in [1.165, 1.54) is 18.2 Å². The largest absolute Gasteiger partial charge is 0.368 e. The second-order valence-corrected chi connectivity index (χ2v) is 9.09. The smallest absolute Gasteiger partial charge is 0.206 e. The van der Waals surface area contributed by atoms with Crippen LogP contribution in [-0.4, -0.2) is 39.6 Å². The standard InChI is InChI=1S/C19H17Cl2N3O2S/c20-16-3-1-14(12-17(16)21)27(25,26)13-2-4-18-15(11-13)19(5-6-23-18)24-9-7-22-8-10-24/h1-6,11-12,22H,7-10H2. The Morgan fingerprint density at radius 2 is 1.63 bits per heavy atom. The van der Waals surface area contributed by atoms with Gasteiger partial charge in [0.1, 0.15) is 0 Å². The van der Waals surface area contributed by atoms with Gasteiger partial charge in [-0.15, -0.1) is 0 Å². The molecule has 140 valence electrons. The molecular formula is C19H17Cl2N3O2S. The number of hydrogen-bond acceptors (Lipinski definition) is 5. The molecule has 0 unspecified atom stereocenters. The number of benzene rings is 2. The average Bonchev–Trinajstić information content (AvgIpc) is 2.69. The first-order chi connectivity index (χ1) is 13.0. The van der Waals surface area contributed by atoms with Crippen molar-refractivity contribution in [3.8, 4) is 0 Å². The van der Waals surface area contributed by atoms with Crippen LogP contribution in [0.25, 0.3) is 10.9 Å². The van der Waals surface area contributed by atoms with Gasteiger partial charge in [-0.1, -0.05) is 23.2 Å². The van der Waals surface area contributed by atoms with Crippen molar-refractivity contribution < 1.29 is 8.42 Å². The Balaban J connectivity index is 1.83. The Kier molecular flexibility index (Phi) is 4.99. The van der Waals surface area contributed by atoms with Crippen molar-refractivity contribution >= 4 is 49.6 Å². The van der Waals surface area contributed by atoms with Crippen LogP contribution in [0.5, 0.6) is 0 Å². The van der Waals surface area contributed by atoms with Crippen LogP contribution in [0.4, 0.5) is 5.69 Å². The number of hydrogen-bond donors (Lipinski definition) is 1. The molecule has 1 saturated heterocycles. The fourth-order valence-corrected chi connectivity index (χ4v) is 4.91. The van der Waals surface area contributed by atoms with E-state index in [-0.39, 0.29) is 14.8 Å². The highest BCUT2D eigenvalue weighted by Crippen LogP contribution is 2.32. The van der Waals surface area contributed by atoms with E-state index in [0.717, 1.165) is 42.8 Å². The minimum Gasteiger partial charge on any atom is -0.368 e. The van der Waals surface area contributed by atoms with E-state index in [1.54, 1.807) is 24.4 Å². The highest BCUT2D eigenvalue weighted by atomic mass is 35.5. The summed E-state index contributed by atoms with van der Waals surface area (Å²) in [4.78, 5) is 6.95. The van der Waals surface area contributed by atoms with Crippen molar-refractivity contribution in [3.63, 3.8) is 0 Å². The maximum absolute atomic E-state index is 13.1. The first kappa shape index (κ1) is 18.5. The molecule has 3 aromatic rings. The summed E-state index contributed by atoms with van der Waals surface area (Å²) < 4.78 is 26.2. The average molecular weight is 422 g/mol. The van der Waals surface area contributed by atoms with Gasteiger partial charge < -0.3 is 10.2 Å². The molecule has 1 aliphatic heterocycles. The van der Waals surface area contributed by atoms with Gasteiger partial charge in [-0.2, -0.15) is 0 Å². The number of anilines is 1. The molecule has 0 saturated carbocycles. The molecule has 1 N–H and O–H groups in total. The van der Waals surface area contributed by atoms with Gasteiger partial charge in [-0.3, -0.25) is 4.98 Å². The van der Waals surface area contributed by atoms with Gasteiger partial charge in [0.25, 0.3) is 0 Å². The van der Waals surface area contributed by atoms with Crippen LogP contribution < -0.4 is 10.2 Å². The van der Waals surface area contributed by atoms with Crippen LogP contribution in [0.2, 0.25) is 10.0 Å². The molecule has 0 aliphatic carbocycles. The molecule has 0 bridgehead atoms. The van der Waals surface area contributed by atoms with Gasteiger partial charge >= 0.3 is 0 Å². The summed E-state index contributed by atoms with van der Waals surface area (Å²) in [6.45, 7) is 3.52. The first-order valence-electron chi connectivity index (χ1n) is 8.51. The van der Waals surface area contributed by atoms with Crippen LogP contribution >= 0.6 is 23.2 Å². The fraction of sp³-hybridized carbons (Fsp3) is 0.211. The minimum atomic E-state index is -3.72. The van der Waals surface area contributed by atoms with Crippen molar-refractivity contribution in [2.45, 2.75) is 9.79 Å². The second-order valence-electron chi connectivity index (χ2n) is 6.33. The van der Waals surface area contributed by atoms with E-state index in [1.807, 2.05) is 6.07 Å². The molecule has 1 aromatic heterocycles. The monoisotopic (exact) mass is 421 g/mol. The van der Waals surface area contributed by atoms with Crippen molar-refractivity contribution in [2.75, 3.05) is 31.1 Å². The van der Waals surface area contributed by atoms with Crippen LogP contribution in [-0.2, 0) is 9.84 Å². The number of halogens is 2. The molecule has 2 aromatic carbocycles. The Labute approximate surface area is 167 Å². The minimum absolute atomic E-state index is 0.115. The van der Waals surface area contributed by atoms with Gasteiger partial charge in [-0.05, 0) is 42.5 Å². The van der Waals surface area contributed by atoms with E-state index in [2.05, 4.69) is 15.2 Å². The zero-order chi connectivity index (χ0) is 19.0. The lowest BCUT2D eigenvalue weighted by molar-refractivity contribution is 0.590. The summed E-state index contributed by atoms with van der Waals surface area (Å²) in [7, 11) is -3.72. The van der Waals surface area contributed by atoms with Gasteiger partial charge in [0, 0.05) is 43.4 Å². The predicted octanol–water partition coefficient (Wildman–Crippen LogP) is 3.78. The number of fused-ring (bicyclic) bond motifs is 1. The van der Waals surface area contributed by atoms with Crippen LogP contribution in [0.1, 0.15) is 0 Å². The zero-order valence-electron chi connectivity index (χ0n) is 14.3. The Morgan fingerprint density at radius 1 is 0.926 bits per heavy atom. The Hall–Kier alpha value is -1.86. The van der Waals surface area contributed by atoms with E-state index < -0.39 is 9.84 Å². The highest BCUT2D eigenvalue weighted by Gasteiger charge is 2.21. The number of rotatable bonds is 3. The molecule has 5 nitrogen and oxygen atoms in total. The summed E-state index contributed by atoms with van der Waals surface area (Å²) in [5.41, 5.74) is 1.76. The van der Waals surface area contributed by atoms with Crippen molar-refractivity contribution in [1.29, 1.82) is 0 Å². The maximum atomic E-state index is 13.1. The third-order valence-corrected chi connectivity index (χ3v) is 7.15. The summed E-state index contributed by atoms with van der Waals surface area (Å²) in [6.07, 6.45) is 1.76. The molecule has 0 spiro atoms. The summed E-state index contributed by atoms with van der Waals surface area (Å²) in [5, 5.41) is 4.67. The van der Waals surface area contributed by atoms with Gasteiger partial charge in [0.2, 0.25) is 9.84 Å². The molecule has 27 heavy (non-hydrogen) atoms. The predicted molar refractivity (Wildman–Crippen MR) is 109 cm³/mol. The second kappa shape index (κ2) is 7.28. The number of sulfone groups is 1. The van der Waals surface area contributed by atoms with E-state index in [0.29, 0.717) is 5.02 Å². The topological polar surface area (TPSA) is 62.3 Å². The van der Waals surface area contributed by atoms with Crippen LogP contribution in [0, 0.1) is 0 Å². The van der Waals surface area contributed by atoms with Gasteiger partial charge in [0.15, 0.2) is 0 Å². The fourth-order valence-electron chi connectivity index (χ4n) is 3.24. The molecule has 1 aliphatic rings. The SMILES string of the molecule is O=S(=O)(c1ccc(Cl)c(Cl)c1)c1ccc2nccc(N3CCNCC3)c2c1. The molecule has 2 heterocycles. The molecule has 4 rings (SSSR count). The number of nitrogens with one attached hydrogen (secondary N) is 1. The van der Waals surface area contributed by atoms with Crippen molar-refractivity contribution in [2.24, 2.45) is 0 Å². The number of nitrogens with zero attached hydrogens (tertiary/aromatic N) is 2. The molecule has 0 radical (unpaired) electrons. The first-order valence-corrected chi connectivity index (χ1v) is 10.8. The number of piperazine rings is 1. The van der Waals surface area contributed by atoms with Gasteiger partial charge in [-0.25, -0.2) is 8.42 Å². The normalized spacial score (nSPS) is 15.3.